The fourth-order valence-corrected chi connectivity index (χ4v) is 2.89. The van der Waals surface area contributed by atoms with Gasteiger partial charge >= 0.3 is 0 Å². The number of carbonyl (C=O) groups is 2. The topological polar surface area (TPSA) is 72.6 Å². The number of ether oxygens (including phenoxy) is 1. The number of primary amides is 1. The second kappa shape index (κ2) is 7.31. The predicted molar refractivity (Wildman–Crippen MR) is 89.9 cm³/mol. The van der Waals surface area contributed by atoms with Crippen LogP contribution < -0.4 is 10.5 Å². The van der Waals surface area contributed by atoms with Crippen molar-refractivity contribution in [2.45, 2.75) is 32.7 Å². The minimum atomic E-state index is -0.334. The van der Waals surface area contributed by atoms with Crippen molar-refractivity contribution >= 4 is 17.9 Å². The molecule has 124 valence electrons. The maximum atomic E-state index is 12.5. The van der Waals surface area contributed by atoms with Crippen LogP contribution in [0.1, 0.15) is 30.9 Å². The SMILES string of the molecule is COc1ccc(C)cc1/C=C\C(=O)N1C[C@H](C(N)=O)CC[C@@H]1C. The molecule has 23 heavy (non-hydrogen) atoms. The van der Waals surface area contributed by atoms with Gasteiger partial charge in [0.15, 0.2) is 0 Å². The molecule has 1 aromatic rings. The Hall–Kier alpha value is -2.30. The van der Waals surface area contributed by atoms with E-state index in [2.05, 4.69) is 0 Å². The fraction of sp³-hybridized carbons (Fsp3) is 0.444. The van der Waals surface area contributed by atoms with Gasteiger partial charge in [-0.05, 0) is 44.9 Å². The van der Waals surface area contributed by atoms with Gasteiger partial charge in [0.05, 0.1) is 13.0 Å². The van der Waals surface area contributed by atoms with Crippen molar-refractivity contribution < 1.29 is 14.3 Å². The van der Waals surface area contributed by atoms with Crippen LogP contribution in [0.25, 0.3) is 6.08 Å². The standard InChI is InChI=1S/C18H24N2O3/c1-12-4-8-16(23-3)14(10-12)7-9-17(21)20-11-15(18(19)22)6-5-13(20)2/h4,7-10,13,15H,5-6,11H2,1-3H3,(H2,19,22)/b9-7-/t13-,15+/m0/s1. The maximum Gasteiger partial charge on any atom is 0.246 e. The molecule has 1 fully saturated rings. The van der Waals surface area contributed by atoms with Gasteiger partial charge in [-0.15, -0.1) is 0 Å². The van der Waals surface area contributed by atoms with Crippen LogP contribution in [0.4, 0.5) is 0 Å². The quantitative estimate of drug-likeness (QED) is 0.865. The lowest BCUT2D eigenvalue weighted by molar-refractivity contribution is -0.133. The third-order valence-corrected chi connectivity index (χ3v) is 4.36. The summed E-state index contributed by atoms with van der Waals surface area (Å²) >= 11 is 0. The lowest BCUT2D eigenvalue weighted by Crippen LogP contribution is -2.48. The van der Waals surface area contributed by atoms with Crippen molar-refractivity contribution in [3.8, 4) is 5.75 Å². The number of nitrogens with zero attached hydrogens (tertiary/aromatic N) is 1. The van der Waals surface area contributed by atoms with Crippen molar-refractivity contribution in [1.29, 1.82) is 0 Å². The molecule has 0 saturated carbocycles. The van der Waals surface area contributed by atoms with Crippen LogP contribution in [-0.4, -0.2) is 36.4 Å². The number of piperidine rings is 1. The Balaban J connectivity index is 2.14. The molecule has 0 unspecified atom stereocenters. The minimum Gasteiger partial charge on any atom is -0.496 e. The number of hydrogen-bond acceptors (Lipinski definition) is 3. The van der Waals surface area contributed by atoms with Crippen molar-refractivity contribution in [3.05, 3.63) is 35.4 Å². The second-order valence-electron chi connectivity index (χ2n) is 6.10. The molecule has 1 saturated heterocycles. The van der Waals surface area contributed by atoms with Crippen molar-refractivity contribution in [1.82, 2.24) is 4.90 Å². The van der Waals surface area contributed by atoms with E-state index in [-0.39, 0.29) is 23.8 Å². The highest BCUT2D eigenvalue weighted by molar-refractivity contribution is 5.93. The molecule has 0 bridgehead atoms. The number of methoxy groups -OCH3 is 1. The Morgan fingerprint density at radius 2 is 2.09 bits per heavy atom. The number of amides is 2. The van der Waals surface area contributed by atoms with Gasteiger partial charge in [0, 0.05) is 24.2 Å². The zero-order chi connectivity index (χ0) is 17.0. The monoisotopic (exact) mass is 316 g/mol. The van der Waals surface area contributed by atoms with Crippen molar-refractivity contribution in [2.75, 3.05) is 13.7 Å². The Morgan fingerprint density at radius 1 is 1.35 bits per heavy atom. The normalized spacial score (nSPS) is 21.4. The zero-order valence-electron chi connectivity index (χ0n) is 13.9. The number of rotatable bonds is 4. The molecule has 0 aliphatic carbocycles. The van der Waals surface area contributed by atoms with Crippen LogP contribution in [0.5, 0.6) is 5.75 Å². The first kappa shape index (κ1) is 17.1. The summed E-state index contributed by atoms with van der Waals surface area (Å²) in [5.41, 5.74) is 7.34. The highest BCUT2D eigenvalue weighted by Gasteiger charge is 2.30. The molecule has 2 atom stereocenters. The number of likely N-dealkylation sites (tertiary alicyclic amines) is 1. The van der Waals surface area contributed by atoms with Crippen molar-refractivity contribution in [3.63, 3.8) is 0 Å². The van der Waals surface area contributed by atoms with E-state index >= 15 is 0 Å². The molecule has 2 amide bonds. The first-order chi connectivity index (χ1) is 10.9. The van der Waals surface area contributed by atoms with Gasteiger partial charge in [-0.1, -0.05) is 11.6 Å². The highest BCUT2D eigenvalue weighted by Crippen LogP contribution is 2.24. The first-order valence-corrected chi connectivity index (χ1v) is 7.85. The molecule has 1 aromatic carbocycles. The van der Waals surface area contributed by atoms with Crippen molar-refractivity contribution in [2.24, 2.45) is 11.7 Å². The molecule has 5 heteroatoms. The summed E-state index contributed by atoms with van der Waals surface area (Å²) in [6, 6.07) is 5.92. The van der Waals surface area contributed by atoms with Gasteiger partial charge in [-0.3, -0.25) is 9.59 Å². The van der Waals surface area contributed by atoms with E-state index in [0.29, 0.717) is 6.54 Å². The number of carbonyl (C=O) groups excluding carboxylic acids is 2. The number of benzene rings is 1. The molecule has 2 N–H and O–H groups in total. The van der Waals surface area contributed by atoms with Gasteiger partial charge in [-0.25, -0.2) is 0 Å². The average molecular weight is 316 g/mol. The minimum absolute atomic E-state index is 0.105. The molecule has 1 heterocycles. The lowest BCUT2D eigenvalue weighted by atomic mass is 9.93. The van der Waals surface area contributed by atoms with Gasteiger partial charge < -0.3 is 15.4 Å². The fourth-order valence-electron chi connectivity index (χ4n) is 2.89. The van der Waals surface area contributed by atoms with Gasteiger partial charge in [0.1, 0.15) is 5.75 Å². The van der Waals surface area contributed by atoms with E-state index in [9.17, 15) is 9.59 Å². The third kappa shape index (κ3) is 4.12. The first-order valence-electron chi connectivity index (χ1n) is 7.85. The Morgan fingerprint density at radius 3 is 2.74 bits per heavy atom. The summed E-state index contributed by atoms with van der Waals surface area (Å²) in [7, 11) is 1.61. The summed E-state index contributed by atoms with van der Waals surface area (Å²) in [4.78, 5) is 25.6. The molecule has 1 aliphatic heterocycles. The molecule has 1 aliphatic rings. The van der Waals surface area contributed by atoms with Crippen LogP contribution >= 0.6 is 0 Å². The largest absolute Gasteiger partial charge is 0.496 e. The molecule has 0 aromatic heterocycles. The predicted octanol–water partition coefficient (Wildman–Crippen LogP) is 2.13. The molecule has 0 radical (unpaired) electrons. The van der Waals surface area contributed by atoms with Gasteiger partial charge in [0.25, 0.3) is 0 Å². The van der Waals surface area contributed by atoms with Crippen LogP contribution in [0, 0.1) is 12.8 Å². The number of hydrogen-bond donors (Lipinski definition) is 1. The van der Waals surface area contributed by atoms with Crippen LogP contribution in [-0.2, 0) is 9.59 Å². The smallest absolute Gasteiger partial charge is 0.246 e. The van der Waals surface area contributed by atoms with E-state index in [1.54, 1.807) is 18.1 Å². The Kier molecular flexibility index (Phi) is 5.42. The summed E-state index contributed by atoms with van der Waals surface area (Å²) in [6.07, 6.45) is 4.84. The summed E-state index contributed by atoms with van der Waals surface area (Å²) < 4.78 is 5.31. The van der Waals surface area contributed by atoms with E-state index in [1.165, 1.54) is 6.08 Å². The molecular weight excluding hydrogens is 292 g/mol. The van der Waals surface area contributed by atoms with Crippen LogP contribution in [0.3, 0.4) is 0 Å². The number of nitrogens with two attached hydrogens (primary N) is 1. The van der Waals surface area contributed by atoms with Gasteiger partial charge in [-0.2, -0.15) is 0 Å². The second-order valence-corrected chi connectivity index (χ2v) is 6.10. The van der Waals surface area contributed by atoms with Crippen LogP contribution in [0.15, 0.2) is 24.3 Å². The molecule has 0 spiro atoms. The Bertz CT molecular complexity index is 625. The van der Waals surface area contributed by atoms with Gasteiger partial charge in [0.2, 0.25) is 11.8 Å². The van der Waals surface area contributed by atoms with Crippen LogP contribution in [0.2, 0.25) is 0 Å². The zero-order valence-corrected chi connectivity index (χ0v) is 13.9. The Labute approximate surface area is 137 Å². The highest BCUT2D eigenvalue weighted by atomic mass is 16.5. The summed E-state index contributed by atoms with van der Waals surface area (Å²) in [5.74, 6) is 0.0319. The summed E-state index contributed by atoms with van der Waals surface area (Å²) in [6.45, 7) is 4.38. The maximum absolute atomic E-state index is 12.5. The average Bonchev–Trinajstić information content (AvgIpc) is 2.53. The summed E-state index contributed by atoms with van der Waals surface area (Å²) in [5, 5.41) is 0. The number of aryl methyl sites for hydroxylation is 1. The molecule has 2 rings (SSSR count). The lowest BCUT2D eigenvalue weighted by Gasteiger charge is -2.36. The third-order valence-electron chi connectivity index (χ3n) is 4.36. The molecule has 5 nitrogen and oxygen atoms in total. The molecular formula is C18H24N2O3. The van der Waals surface area contributed by atoms with E-state index in [0.717, 1.165) is 29.7 Å². The van der Waals surface area contributed by atoms with E-state index in [1.807, 2.05) is 32.0 Å². The van der Waals surface area contributed by atoms with E-state index in [4.69, 9.17) is 10.5 Å². The van der Waals surface area contributed by atoms with E-state index < -0.39 is 0 Å².